The largest absolute Gasteiger partial charge is 0.296 e. The molecule has 1 saturated heterocycles. The minimum atomic E-state index is 0.314. The van der Waals surface area contributed by atoms with Crippen LogP contribution in [0, 0.1) is 11.3 Å². The van der Waals surface area contributed by atoms with Crippen LogP contribution in [-0.4, -0.2) is 47.1 Å². The summed E-state index contributed by atoms with van der Waals surface area (Å²) in [7, 11) is 0. The third-order valence-electron chi connectivity index (χ3n) is 6.38. The highest BCUT2D eigenvalue weighted by molar-refractivity contribution is 4.90. The second-order valence-corrected chi connectivity index (χ2v) is 11.3. The maximum atomic E-state index is 2.74. The molecule has 1 heterocycles. The quantitative estimate of drug-likeness (QED) is 0.455. The van der Waals surface area contributed by atoms with E-state index in [9.17, 15) is 0 Å². The molecule has 150 valence electrons. The van der Waals surface area contributed by atoms with Crippen LogP contribution in [0.15, 0.2) is 0 Å². The predicted octanol–water partition coefficient (Wildman–Crippen LogP) is 6.20. The highest BCUT2D eigenvalue weighted by Crippen LogP contribution is 2.34. The Labute approximate surface area is 159 Å². The van der Waals surface area contributed by atoms with Crippen molar-refractivity contribution in [2.24, 2.45) is 11.3 Å². The zero-order chi connectivity index (χ0) is 19.3. The minimum absolute atomic E-state index is 0.314. The highest BCUT2D eigenvalue weighted by atomic mass is 15.3. The first kappa shape index (κ1) is 23.0. The van der Waals surface area contributed by atoms with E-state index in [1.54, 1.807) is 0 Å². The van der Waals surface area contributed by atoms with Crippen LogP contribution in [0.3, 0.4) is 0 Å². The first-order chi connectivity index (χ1) is 11.3. The third-order valence-corrected chi connectivity index (χ3v) is 6.38. The zero-order valence-electron chi connectivity index (χ0n) is 19.0. The highest BCUT2D eigenvalue weighted by Gasteiger charge is 2.34. The lowest BCUT2D eigenvalue weighted by atomic mass is 9.78. The molecule has 0 N–H and O–H groups in total. The summed E-state index contributed by atoms with van der Waals surface area (Å²) in [6, 6.07) is 0. The van der Waals surface area contributed by atoms with Gasteiger partial charge >= 0.3 is 0 Å². The Balaban J connectivity index is 2.39. The second-order valence-electron chi connectivity index (χ2n) is 11.3. The van der Waals surface area contributed by atoms with Crippen LogP contribution in [0.2, 0.25) is 0 Å². The Kier molecular flexibility index (Phi) is 8.47. The number of unbranched alkanes of at least 4 members (excludes halogenated alkanes) is 1. The van der Waals surface area contributed by atoms with E-state index in [1.807, 2.05) is 0 Å². The SMILES string of the molecule is CC(C)CCCCC(C)(C)CCC(C)(C)N1CCN(C(C)(C)C)CC1. The average Bonchev–Trinajstić information content (AvgIpc) is 2.49. The molecule has 0 aromatic rings. The maximum Gasteiger partial charge on any atom is 0.0154 e. The van der Waals surface area contributed by atoms with E-state index in [0.717, 1.165) is 5.92 Å². The summed E-state index contributed by atoms with van der Waals surface area (Å²) in [5, 5.41) is 0. The molecule has 2 nitrogen and oxygen atoms in total. The second kappa shape index (κ2) is 9.22. The molecule has 1 rings (SSSR count). The van der Waals surface area contributed by atoms with E-state index in [1.165, 1.54) is 64.7 Å². The summed E-state index contributed by atoms with van der Waals surface area (Å²) in [4.78, 5) is 5.38. The molecule has 0 radical (unpaired) electrons. The van der Waals surface area contributed by atoms with Crippen molar-refractivity contribution in [1.82, 2.24) is 9.80 Å². The number of rotatable bonds is 9. The van der Waals surface area contributed by atoms with E-state index in [-0.39, 0.29) is 0 Å². The van der Waals surface area contributed by atoms with Crippen LogP contribution in [0.5, 0.6) is 0 Å². The molecule has 2 heteroatoms. The van der Waals surface area contributed by atoms with Gasteiger partial charge in [-0.1, -0.05) is 47.0 Å². The van der Waals surface area contributed by atoms with Gasteiger partial charge < -0.3 is 0 Å². The van der Waals surface area contributed by atoms with E-state index in [4.69, 9.17) is 0 Å². The normalized spacial score (nSPS) is 19.0. The number of nitrogens with zero attached hydrogens (tertiary/aromatic N) is 2. The van der Waals surface area contributed by atoms with Gasteiger partial charge in [0.25, 0.3) is 0 Å². The van der Waals surface area contributed by atoms with Crippen LogP contribution in [0.4, 0.5) is 0 Å². The van der Waals surface area contributed by atoms with Gasteiger partial charge in [0.2, 0.25) is 0 Å². The lowest BCUT2D eigenvalue weighted by Gasteiger charge is -2.48. The van der Waals surface area contributed by atoms with Crippen LogP contribution in [0.1, 0.15) is 101 Å². The van der Waals surface area contributed by atoms with Crippen molar-refractivity contribution in [2.45, 2.75) is 112 Å². The molecule has 1 aliphatic rings. The average molecular weight is 353 g/mol. The minimum Gasteiger partial charge on any atom is -0.296 e. The molecule has 1 fully saturated rings. The molecule has 0 saturated carbocycles. The molecular weight excluding hydrogens is 304 g/mol. The molecule has 0 unspecified atom stereocenters. The van der Waals surface area contributed by atoms with Gasteiger partial charge in [-0.3, -0.25) is 9.80 Å². The Hall–Kier alpha value is -0.0800. The fourth-order valence-corrected chi connectivity index (χ4v) is 4.07. The van der Waals surface area contributed by atoms with E-state index in [2.05, 4.69) is 72.1 Å². The summed E-state index contributed by atoms with van der Waals surface area (Å²) in [6.45, 7) is 26.5. The van der Waals surface area contributed by atoms with Crippen molar-refractivity contribution < 1.29 is 0 Å². The molecule has 0 aromatic heterocycles. The van der Waals surface area contributed by atoms with Gasteiger partial charge in [0.1, 0.15) is 0 Å². The van der Waals surface area contributed by atoms with Gasteiger partial charge in [-0.2, -0.15) is 0 Å². The van der Waals surface area contributed by atoms with Crippen molar-refractivity contribution in [3.63, 3.8) is 0 Å². The fourth-order valence-electron chi connectivity index (χ4n) is 4.07. The summed E-state index contributed by atoms with van der Waals surface area (Å²) >= 11 is 0. The summed E-state index contributed by atoms with van der Waals surface area (Å²) in [6.07, 6.45) is 8.24. The van der Waals surface area contributed by atoms with Crippen molar-refractivity contribution in [1.29, 1.82) is 0 Å². The molecular formula is C23H48N2. The summed E-state index contributed by atoms with van der Waals surface area (Å²) in [5.74, 6) is 0.855. The lowest BCUT2D eigenvalue weighted by Crippen LogP contribution is -2.58. The summed E-state index contributed by atoms with van der Waals surface area (Å²) < 4.78 is 0. The van der Waals surface area contributed by atoms with Crippen LogP contribution in [0.25, 0.3) is 0 Å². The number of piperazine rings is 1. The van der Waals surface area contributed by atoms with Gasteiger partial charge in [-0.05, 0) is 65.2 Å². The van der Waals surface area contributed by atoms with Crippen molar-refractivity contribution >= 4 is 0 Å². The maximum absolute atomic E-state index is 2.74. The van der Waals surface area contributed by atoms with Gasteiger partial charge in [-0.25, -0.2) is 0 Å². The van der Waals surface area contributed by atoms with Crippen molar-refractivity contribution in [2.75, 3.05) is 26.2 Å². The predicted molar refractivity (Wildman–Crippen MR) is 113 cm³/mol. The van der Waals surface area contributed by atoms with Gasteiger partial charge in [0.15, 0.2) is 0 Å². The first-order valence-electron chi connectivity index (χ1n) is 10.8. The molecule has 0 spiro atoms. The first-order valence-corrected chi connectivity index (χ1v) is 10.8. The Bertz CT molecular complexity index is 368. The van der Waals surface area contributed by atoms with Crippen molar-refractivity contribution in [3.05, 3.63) is 0 Å². The fraction of sp³-hybridized carbons (Fsp3) is 1.00. The Morgan fingerprint density at radius 2 is 1.20 bits per heavy atom. The standard InChI is InChI=1S/C23H48N2/c1-20(2)12-10-11-13-22(6,7)14-15-23(8,9)25-18-16-24(17-19-25)21(3,4)5/h20H,10-19H2,1-9H3. The van der Waals surface area contributed by atoms with E-state index >= 15 is 0 Å². The third kappa shape index (κ3) is 8.43. The molecule has 0 aliphatic carbocycles. The summed E-state index contributed by atoms with van der Waals surface area (Å²) in [5.41, 5.74) is 1.13. The van der Waals surface area contributed by atoms with Gasteiger partial charge in [0.05, 0.1) is 0 Å². The molecule has 0 amide bonds. The van der Waals surface area contributed by atoms with Crippen LogP contribution in [-0.2, 0) is 0 Å². The molecule has 25 heavy (non-hydrogen) atoms. The van der Waals surface area contributed by atoms with Crippen LogP contribution >= 0.6 is 0 Å². The monoisotopic (exact) mass is 352 g/mol. The Morgan fingerprint density at radius 1 is 0.680 bits per heavy atom. The van der Waals surface area contributed by atoms with E-state index < -0.39 is 0 Å². The molecule has 0 atom stereocenters. The zero-order valence-corrected chi connectivity index (χ0v) is 19.0. The van der Waals surface area contributed by atoms with E-state index in [0.29, 0.717) is 16.5 Å². The Morgan fingerprint density at radius 3 is 1.68 bits per heavy atom. The van der Waals surface area contributed by atoms with Crippen molar-refractivity contribution in [3.8, 4) is 0 Å². The topological polar surface area (TPSA) is 6.48 Å². The molecule has 0 bridgehead atoms. The van der Waals surface area contributed by atoms with Gasteiger partial charge in [-0.15, -0.1) is 0 Å². The molecule has 0 aromatic carbocycles. The van der Waals surface area contributed by atoms with Crippen LogP contribution < -0.4 is 0 Å². The number of hydrogen-bond acceptors (Lipinski definition) is 2. The lowest BCUT2D eigenvalue weighted by molar-refractivity contribution is 0.00688. The number of hydrogen-bond donors (Lipinski definition) is 0. The smallest absolute Gasteiger partial charge is 0.0154 e. The van der Waals surface area contributed by atoms with Gasteiger partial charge in [0, 0.05) is 37.3 Å². The molecule has 1 aliphatic heterocycles.